The van der Waals surface area contributed by atoms with Gasteiger partial charge in [-0.05, 0) is 40.7 Å². The Balaban J connectivity index is 2.55. The van der Waals surface area contributed by atoms with Gasteiger partial charge in [0.15, 0.2) is 9.84 Å². The topological polar surface area (TPSA) is 49.4 Å². The number of nitrogens with zero attached hydrogens (tertiary/aromatic N) is 1. The van der Waals surface area contributed by atoms with Gasteiger partial charge in [0.2, 0.25) is 0 Å². The summed E-state index contributed by atoms with van der Waals surface area (Å²) in [6.07, 6.45) is 1.82. The van der Waals surface area contributed by atoms with Gasteiger partial charge < -0.3 is 5.32 Å². The summed E-state index contributed by atoms with van der Waals surface area (Å²) in [5.41, 5.74) is 0.107. The van der Waals surface area contributed by atoms with Crippen molar-refractivity contribution >= 4 is 9.84 Å². The maximum atomic E-state index is 11.5. The monoisotopic (exact) mass is 276 g/mol. The molecule has 0 spiro atoms. The van der Waals surface area contributed by atoms with Crippen LogP contribution >= 0.6 is 0 Å². The summed E-state index contributed by atoms with van der Waals surface area (Å²) in [5, 5.41) is 3.51. The number of sulfone groups is 1. The molecule has 0 aliphatic carbocycles. The van der Waals surface area contributed by atoms with Crippen LogP contribution in [-0.2, 0) is 9.84 Å². The van der Waals surface area contributed by atoms with Crippen LogP contribution in [0.15, 0.2) is 0 Å². The lowest BCUT2D eigenvalue weighted by Crippen LogP contribution is -2.49. The van der Waals surface area contributed by atoms with Crippen molar-refractivity contribution in [2.45, 2.75) is 58.2 Å². The zero-order chi connectivity index (χ0) is 14.0. The molecular weight excluding hydrogens is 248 g/mol. The molecule has 108 valence electrons. The van der Waals surface area contributed by atoms with E-state index in [4.69, 9.17) is 0 Å². The van der Waals surface area contributed by atoms with Gasteiger partial charge in [0, 0.05) is 24.2 Å². The van der Waals surface area contributed by atoms with Crippen molar-refractivity contribution in [3.05, 3.63) is 0 Å². The zero-order valence-corrected chi connectivity index (χ0v) is 13.2. The molecule has 0 aromatic rings. The molecule has 18 heavy (non-hydrogen) atoms. The molecule has 4 nitrogen and oxygen atoms in total. The first-order valence-electron chi connectivity index (χ1n) is 6.82. The van der Waals surface area contributed by atoms with E-state index in [2.05, 4.69) is 45.0 Å². The molecule has 0 amide bonds. The SMILES string of the molecule is CCC(CNC(C)(C)C)N(C)C1CCS(=O)(=O)C1. The lowest BCUT2D eigenvalue weighted by Gasteiger charge is -2.34. The second-order valence-corrected chi connectivity index (χ2v) is 8.64. The van der Waals surface area contributed by atoms with E-state index in [0.717, 1.165) is 19.4 Å². The predicted octanol–water partition coefficient (Wildman–Crippen LogP) is 1.27. The Hall–Kier alpha value is -0.130. The lowest BCUT2D eigenvalue weighted by molar-refractivity contribution is 0.170. The van der Waals surface area contributed by atoms with E-state index >= 15 is 0 Å². The zero-order valence-electron chi connectivity index (χ0n) is 12.4. The maximum Gasteiger partial charge on any atom is 0.151 e. The summed E-state index contributed by atoms with van der Waals surface area (Å²) in [5.74, 6) is 0.681. The maximum absolute atomic E-state index is 11.5. The molecule has 2 atom stereocenters. The van der Waals surface area contributed by atoms with Gasteiger partial charge in [-0.25, -0.2) is 8.42 Å². The van der Waals surface area contributed by atoms with Crippen molar-refractivity contribution in [2.75, 3.05) is 25.1 Å². The molecule has 5 heteroatoms. The largest absolute Gasteiger partial charge is 0.311 e. The molecule has 2 unspecified atom stereocenters. The molecule has 0 aromatic carbocycles. The van der Waals surface area contributed by atoms with E-state index in [0.29, 0.717) is 17.5 Å². The highest BCUT2D eigenvalue weighted by molar-refractivity contribution is 7.91. The van der Waals surface area contributed by atoms with Crippen LogP contribution < -0.4 is 5.32 Å². The molecule has 1 aliphatic rings. The second-order valence-electron chi connectivity index (χ2n) is 6.42. The van der Waals surface area contributed by atoms with E-state index in [1.807, 2.05) is 0 Å². The molecule has 1 N–H and O–H groups in total. The molecular formula is C13H28N2O2S. The summed E-state index contributed by atoms with van der Waals surface area (Å²) in [4.78, 5) is 2.25. The fourth-order valence-corrected chi connectivity index (χ4v) is 4.18. The smallest absolute Gasteiger partial charge is 0.151 e. The minimum absolute atomic E-state index is 0.107. The number of hydrogen-bond acceptors (Lipinski definition) is 4. The second kappa shape index (κ2) is 5.88. The van der Waals surface area contributed by atoms with Crippen molar-refractivity contribution in [2.24, 2.45) is 0 Å². The number of rotatable bonds is 5. The fourth-order valence-electron chi connectivity index (χ4n) is 2.40. The summed E-state index contributed by atoms with van der Waals surface area (Å²) in [7, 11) is -0.728. The van der Waals surface area contributed by atoms with Gasteiger partial charge >= 0.3 is 0 Å². The van der Waals surface area contributed by atoms with E-state index in [9.17, 15) is 8.42 Å². The normalized spacial score (nSPS) is 25.6. The number of hydrogen-bond donors (Lipinski definition) is 1. The van der Waals surface area contributed by atoms with E-state index in [-0.39, 0.29) is 11.6 Å². The van der Waals surface area contributed by atoms with Gasteiger partial charge in [0.25, 0.3) is 0 Å². The Morgan fingerprint density at radius 3 is 2.39 bits per heavy atom. The predicted molar refractivity (Wildman–Crippen MR) is 76.7 cm³/mol. The Labute approximate surface area is 112 Å². The Morgan fingerprint density at radius 2 is 2.00 bits per heavy atom. The van der Waals surface area contributed by atoms with Crippen molar-refractivity contribution in [3.8, 4) is 0 Å². The van der Waals surface area contributed by atoms with Gasteiger partial charge in [0.1, 0.15) is 0 Å². The number of likely N-dealkylation sites (N-methyl/N-ethyl adjacent to an activating group) is 1. The first-order valence-corrected chi connectivity index (χ1v) is 8.64. The summed E-state index contributed by atoms with van der Waals surface area (Å²) in [6, 6.07) is 0.601. The molecule has 1 fully saturated rings. The first-order chi connectivity index (χ1) is 8.14. The minimum Gasteiger partial charge on any atom is -0.311 e. The lowest BCUT2D eigenvalue weighted by atomic mass is 10.1. The third-order valence-corrected chi connectivity index (χ3v) is 5.45. The standard InChI is InChI=1S/C13H28N2O2S/c1-6-11(9-14-13(2,3)4)15(5)12-7-8-18(16,17)10-12/h11-12,14H,6-10H2,1-5H3. The Morgan fingerprint density at radius 1 is 1.39 bits per heavy atom. The van der Waals surface area contributed by atoms with Gasteiger partial charge in [-0.1, -0.05) is 6.92 Å². The summed E-state index contributed by atoms with van der Waals surface area (Å²) >= 11 is 0. The summed E-state index contributed by atoms with van der Waals surface area (Å²) < 4.78 is 23.1. The van der Waals surface area contributed by atoms with E-state index < -0.39 is 9.84 Å². The van der Waals surface area contributed by atoms with Crippen LogP contribution in [0, 0.1) is 0 Å². The van der Waals surface area contributed by atoms with Gasteiger partial charge in [-0.3, -0.25) is 4.90 Å². The van der Waals surface area contributed by atoms with Crippen LogP contribution in [0.1, 0.15) is 40.5 Å². The highest BCUT2D eigenvalue weighted by atomic mass is 32.2. The van der Waals surface area contributed by atoms with Crippen LogP contribution in [0.25, 0.3) is 0 Å². The molecule has 0 bridgehead atoms. The quantitative estimate of drug-likeness (QED) is 0.821. The van der Waals surface area contributed by atoms with Crippen LogP contribution in [-0.4, -0.2) is 56.0 Å². The molecule has 1 rings (SSSR count). The van der Waals surface area contributed by atoms with Crippen molar-refractivity contribution in [1.29, 1.82) is 0 Å². The van der Waals surface area contributed by atoms with Crippen molar-refractivity contribution in [1.82, 2.24) is 10.2 Å². The van der Waals surface area contributed by atoms with E-state index in [1.54, 1.807) is 0 Å². The van der Waals surface area contributed by atoms with Gasteiger partial charge in [0.05, 0.1) is 11.5 Å². The van der Waals surface area contributed by atoms with E-state index in [1.165, 1.54) is 0 Å². The van der Waals surface area contributed by atoms with Crippen LogP contribution in [0.2, 0.25) is 0 Å². The Bertz CT molecular complexity index is 360. The fraction of sp³-hybridized carbons (Fsp3) is 1.00. The Kier molecular flexibility index (Phi) is 5.21. The van der Waals surface area contributed by atoms with Gasteiger partial charge in [-0.15, -0.1) is 0 Å². The highest BCUT2D eigenvalue weighted by Gasteiger charge is 2.33. The van der Waals surface area contributed by atoms with Crippen LogP contribution in [0.3, 0.4) is 0 Å². The van der Waals surface area contributed by atoms with Gasteiger partial charge in [-0.2, -0.15) is 0 Å². The molecule has 0 saturated carbocycles. The third kappa shape index (κ3) is 4.86. The van der Waals surface area contributed by atoms with Crippen molar-refractivity contribution < 1.29 is 8.42 Å². The summed E-state index contributed by atoms with van der Waals surface area (Å²) in [6.45, 7) is 9.53. The highest BCUT2D eigenvalue weighted by Crippen LogP contribution is 2.19. The first kappa shape index (κ1) is 15.9. The molecule has 0 aromatic heterocycles. The van der Waals surface area contributed by atoms with Crippen molar-refractivity contribution in [3.63, 3.8) is 0 Å². The molecule has 1 saturated heterocycles. The molecule has 1 heterocycles. The molecule has 1 aliphatic heterocycles. The van der Waals surface area contributed by atoms with Crippen LogP contribution in [0.4, 0.5) is 0 Å². The number of nitrogens with one attached hydrogen (secondary N) is 1. The molecule has 0 radical (unpaired) electrons. The average Bonchev–Trinajstić information content (AvgIpc) is 2.58. The third-order valence-electron chi connectivity index (χ3n) is 3.70. The van der Waals surface area contributed by atoms with Crippen LogP contribution in [0.5, 0.6) is 0 Å². The average molecular weight is 276 g/mol. The minimum atomic E-state index is -2.79.